The van der Waals surface area contributed by atoms with E-state index in [0.717, 1.165) is 20.3 Å². The first-order chi connectivity index (χ1) is 9.08. The molecule has 0 atom stereocenters. The number of nitrogens with one attached hydrogen (secondary N) is 1. The average Bonchev–Trinajstić information content (AvgIpc) is 2.68. The van der Waals surface area contributed by atoms with Gasteiger partial charge < -0.3 is 4.98 Å². The van der Waals surface area contributed by atoms with Crippen LogP contribution in [0.25, 0.3) is 16.7 Å². The van der Waals surface area contributed by atoms with Gasteiger partial charge in [0.2, 0.25) is 0 Å². The Labute approximate surface area is 138 Å². The molecule has 2 aromatic carbocycles. The van der Waals surface area contributed by atoms with Gasteiger partial charge in [-0.25, -0.2) is 0 Å². The number of hydrogen-bond acceptors (Lipinski definition) is 1. The van der Waals surface area contributed by atoms with Crippen LogP contribution in [0.2, 0.25) is 10.0 Å². The second-order valence-corrected chi connectivity index (χ2v) is 6.39. The molecule has 6 heteroatoms. The number of nitrogens with zero attached hydrogens (tertiary/aromatic N) is 1. The van der Waals surface area contributed by atoms with Gasteiger partial charge in [0.25, 0.3) is 0 Å². The fourth-order valence-corrected chi connectivity index (χ4v) is 3.63. The van der Waals surface area contributed by atoms with Gasteiger partial charge in [-0.2, -0.15) is 0 Å². The van der Waals surface area contributed by atoms with Gasteiger partial charge in [-0.05, 0) is 65.1 Å². The minimum Gasteiger partial charge on any atom is -0.329 e. The molecule has 3 rings (SSSR count). The Morgan fingerprint density at radius 1 is 1.16 bits per heavy atom. The van der Waals surface area contributed by atoms with Crippen LogP contribution in [0.5, 0.6) is 0 Å². The van der Waals surface area contributed by atoms with Gasteiger partial charge in [0, 0.05) is 8.59 Å². The zero-order valence-corrected chi connectivity index (χ0v) is 13.9. The van der Waals surface area contributed by atoms with E-state index in [1.807, 2.05) is 41.0 Å². The number of para-hydroxylation sites is 1. The summed E-state index contributed by atoms with van der Waals surface area (Å²) in [6.45, 7) is 0. The monoisotopic (exact) mass is 420 g/mol. The highest BCUT2D eigenvalue weighted by Crippen LogP contribution is 2.28. The first-order valence-electron chi connectivity index (χ1n) is 5.42. The van der Waals surface area contributed by atoms with Crippen molar-refractivity contribution < 1.29 is 0 Å². The van der Waals surface area contributed by atoms with Crippen LogP contribution >= 0.6 is 58.0 Å². The maximum atomic E-state index is 6.18. The summed E-state index contributed by atoms with van der Waals surface area (Å²) in [5.41, 5.74) is 2.79. The van der Waals surface area contributed by atoms with Gasteiger partial charge in [-0.15, -0.1) is 0 Å². The number of benzene rings is 2. The molecule has 0 saturated heterocycles. The summed E-state index contributed by atoms with van der Waals surface area (Å²) in [7, 11) is 0. The van der Waals surface area contributed by atoms with Gasteiger partial charge in [0.05, 0.1) is 21.7 Å². The lowest BCUT2D eigenvalue weighted by Gasteiger charge is -2.07. The molecule has 0 bridgehead atoms. The average molecular weight is 421 g/mol. The number of fused-ring (bicyclic) bond motifs is 1. The van der Waals surface area contributed by atoms with Crippen molar-refractivity contribution in [2.75, 3.05) is 0 Å². The smallest absolute Gasteiger partial charge is 0.182 e. The Bertz CT molecular complexity index is 838. The molecule has 0 amide bonds. The number of aromatic nitrogens is 2. The van der Waals surface area contributed by atoms with E-state index in [2.05, 4.69) is 27.6 Å². The predicted octanol–water partition coefficient (Wildman–Crippen LogP) is 5.60. The molecule has 0 spiro atoms. The number of rotatable bonds is 1. The lowest BCUT2D eigenvalue weighted by molar-refractivity contribution is 1.06. The first kappa shape index (κ1) is 13.4. The second kappa shape index (κ2) is 5.09. The van der Waals surface area contributed by atoms with E-state index >= 15 is 0 Å². The predicted molar refractivity (Wildman–Crippen MR) is 91.2 cm³/mol. The molecule has 1 aromatic heterocycles. The van der Waals surface area contributed by atoms with Crippen molar-refractivity contribution in [3.63, 3.8) is 0 Å². The molecule has 1 N–H and O–H groups in total. The van der Waals surface area contributed by atoms with Crippen LogP contribution in [-0.4, -0.2) is 9.55 Å². The lowest BCUT2D eigenvalue weighted by Crippen LogP contribution is -1.96. The molecule has 0 radical (unpaired) electrons. The number of hydrogen-bond donors (Lipinski definition) is 1. The summed E-state index contributed by atoms with van der Waals surface area (Å²) in [4.78, 5) is 3.15. The molecule has 96 valence electrons. The summed E-state index contributed by atoms with van der Waals surface area (Å²) in [6.07, 6.45) is 0. The standard InChI is InChI=1S/C13H7Cl2IN2S/c14-7-4-5-10(9(16)6-7)18-11-3-1-2-8(15)12(11)17-13(18)19/h1-6H,(H,17,19). The molecule has 1 heterocycles. The van der Waals surface area contributed by atoms with E-state index in [1.54, 1.807) is 0 Å². The Balaban J connectivity index is 2.40. The Morgan fingerprint density at radius 2 is 1.95 bits per heavy atom. The van der Waals surface area contributed by atoms with E-state index < -0.39 is 0 Å². The third-order valence-corrected chi connectivity index (χ3v) is 4.52. The van der Waals surface area contributed by atoms with E-state index in [-0.39, 0.29) is 0 Å². The zero-order chi connectivity index (χ0) is 13.6. The second-order valence-electron chi connectivity index (χ2n) is 4.00. The minimum atomic E-state index is 0.614. The first-order valence-corrected chi connectivity index (χ1v) is 7.67. The summed E-state index contributed by atoms with van der Waals surface area (Å²) < 4.78 is 3.61. The van der Waals surface area contributed by atoms with Crippen molar-refractivity contribution in [3.05, 3.63) is 54.8 Å². The Kier molecular flexibility index (Phi) is 3.59. The van der Waals surface area contributed by atoms with Crippen molar-refractivity contribution in [2.45, 2.75) is 0 Å². The van der Waals surface area contributed by atoms with Gasteiger partial charge in [0.15, 0.2) is 4.77 Å². The summed E-state index contributed by atoms with van der Waals surface area (Å²) in [6, 6.07) is 11.4. The van der Waals surface area contributed by atoms with Crippen LogP contribution in [-0.2, 0) is 0 Å². The van der Waals surface area contributed by atoms with Crippen LogP contribution in [0.15, 0.2) is 36.4 Å². The Hall–Kier alpha value is -0.560. The lowest BCUT2D eigenvalue weighted by atomic mass is 10.3. The van der Waals surface area contributed by atoms with Crippen LogP contribution < -0.4 is 0 Å². The van der Waals surface area contributed by atoms with Crippen molar-refractivity contribution in [1.29, 1.82) is 0 Å². The summed E-state index contributed by atoms with van der Waals surface area (Å²) in [5, 5.41) is 1.36. The third kappa shape index (κ3) is 2.31. The minimum absolute atomic E-state index is 0.614. The quantitative estimate of drug-likeness (QED) is 0.401. The number of halogens is 3. The molecule has 2 nitrogen and oxygen atoms in total. The molecule has 0 aliphatic carbocycles. The summed E-state index contributed by atoms with van der Waals surface area (Å²) >= 11 is 19.8. The van der Waals surface area contributed by atoms with E-state index in [0.29, 0.717) is 14.8 Å². The van der Waals surface area contributed by atoms with Crippen LogP contribution in [0, 0.1) is 8.34 Å². The molecule has 19 heavy (non-hydrogen) atoms. The van der Waals surface area contributed by atoms with Crippen molar-refractivity contribution in [3.8, 4) is 5.69 Å². The Morgan fingerprint density at radius 3 is 2.68 bits per heavy atom. The van der Waals surface area contributed by atoms with Crippen molar-refractivity contribution in [2.24, 2.45) is 0 Å². The molecule has 0 saturated carbocycles. The fraction of sp³-hybridized carbons (Fsp3) is 0. The van der Waals surface area contributed by atoms with Gasteiger partial charge in [-0.3, -0.25) is 4.57 Å². The third-order valence-electron chi connectivity index (χ3n) is 2.82. The SMILES string of the molecule is S=c1[nH]c2c(Cl)cccc2n1-c1ccc(Cl)cc1I. The molecule has 3 aromatic rings. The highest BCUT2D eigenvalue weighted by molar-refractivity contribution is 14.1. The topological polar surface area (TPSA) is 20.7 Å². The van der Waals surface area contributed by atoms with E-state index in [9.17, 15) is 0 Å². The van der Waals surface area contributed by atoms with Crippen molar-refractivity contribution in [1.82, 2.24) is 9.55 Å². The molecule has 0 aliphatic rings. The number of imidazole rings is 1. The molecule has 0 unspecified atom stereocenters. The molecular formula is C13H7Cl2IN2S. The van der Waals surface area contributed by atoms with Gasteiger partial charge >= 0.3 is 0 Å². The normalized spacial score (nSPS) is 11.1. The van der Waals surface area contributed by atoms with E-state index in [4.69, 9.17) is 35.4 Å². The molecule has 0 fully saturated rings. The summed E-state index contributed by atoms with van der Waals surface area (Å²) in [5.74, 6) is 0. The number of H-pyrrole nitrogens is 1. The number of aromatic amines is 1. The fourth-order valence-electron chi connectivity index (χ4n) is 2.00. The van der Waals surface area contributed by atoms with E-state index in [1.165, 1.54) is 0 Å². The van der Waals surface area contributed by atoms with Crippen LogP contribution in [0.3, 0.4) is 0 Å². The zero-order valence-electron chi connectivity index (χ0n) is 9.45. The largest absolute Gasteiger partial charge is 0.329 e. The van der Waals surface area contributed by atoms with Crippen LogP contribution in [0.4, 0.5) is 0 Å². The van der Waals surface area contributed by atoms with Crippen LogP contribution in [0.1, 0.15) is 0 Å². The van der Waals surface area contributed by atoms with Gasteiger partial charge in [-0.1, -0.05) is 29.3 Å². The highest BCUT2D eigenvalue weighted by Gasteiger charge is 2.11. The molecule has 0 aliphatic heterocycles. The maximum Gasteiger partial charge on any atom is 0.182 e. The molecular weight excluding hydrogens is 414 g/mol. The highest BCUT2D eigenvalue weighted by atomic mass is 127. The maximum absolute atomic E-state index is 6.18. The van der Waals surface area contributed by atoms with Gasteiger partial charge in [0.1, 0.15) is 0 Å². The van der Waals surface area contributed by atoms with Crippen molar-refractivity contribution >= 4 is 69.0 Å².